The minimum absolute atomic E-state index is 0.00316. The van der Waals surface area contributed by atoms with Gasteiger partial charge in [0.25, 0.3) is 5.91 Å². The van der Waals surface area contributed by atoms with Crippen LogP contribution < -0.4 is 0 Å². The van der Waals surface area contributed by atoms with Gasteiger partial charge < -0.3 is 9.42 Å². The quantitative estimate of drug-likeness (QED) is 0.702. The van der Waals surface area contributed by atoms with Crippen molar-refractivity contribution in [3.05, 3.63) is 52.7 Å². The summed E-state index contributed by atoms with van der Waals surface area (Å²) in [7, 11) is 0. The molecule has 1 aromatic carbocycles. The number of carbonyl (C=O) groups excluding carboxylic acids is 1. The first-order valence-corrected chi connectivity index (χ1v) is 9.23. The Morgan fingerprint density at radius 2 is 2.15 bits per heavy atom. The summed E-state index contributed by atoms with van der Waals surface area (Å²) >= 11 is 1.51. The Morgan fingerprint density at radius 3 is 2.88 bits per heavy atom. The minimum atomic E-state index is -0.352. The summed E-state index contributed by atoms with van der Waals surface area (Å²) in [5.41, 5.74) is 0.485. The predicted molar refractivity (Wildman–Crippen MR) is 94.4 cm³/mol. The molecule has 3 aromatic rings. The molecule has 134 valence electrons. The molecule has 1 amide bonds. The molecule has 0 aliphatic carbocycles. The average molecular weight is 372 g/mol. The van der Waals surface area contributed by atoms with Gasteiger partial charge in [-0.1, -0.05) is 5.16 Å². The molecule has 0 bridgehead atoms. The molecule has 1 aliphatic heterocycles. The molecule has 3 heterocycles. The number of thiazole rings is 1. The fraction of sp³-hybridized carbons (Fsp3) is 0.333. The van der Waals surface area contributed by atoms with Gasteiger partial charge in [-0.25, -0.2) is 9.37 Å². The second-order valence-electron chi connectivity index (χ2n) is 6.30. The number of hydrogen-bond acceptors (Lipinski definition) is 6. The van der Waals surface area contributed by atoms with Crippen LogP contribution >= 0.6 is 11.3 Å². The number of amides is 1. The molecule has 2 aromatic heterocycles. The van der Waals surface area contributed by atoms with Crippen molar-refractivity contribution in [2.45, 2.75) is 25.7 Å². The lowest BCUT2D eigenvalue weighted by atomic mass is 9.97. The van der Waals surface area contributed by atoms with Gasteiger partial charge in [-0.2, -0.15) is 4.98 Å². The maximum absolute atomic E-state index is 13.1. The fourth-order valence-electron chi connectivity index (χ4n) is 3.10. The van der Waals surface area contributed by atoms with E-state index in [4.69, 9.17) is 4.52 Å². The summed E-state index contributed by atoms with van der Waals surface area (Å²) in [5.74, 6) is 0.626. The summed E-state index contributed by atoms with van der Waals surface area (Å²) < 4.78 is 18.5. The zero-order valence-electron chi connectivity index (χ0n) is 14.2. The molecular formula is C18H17FN4O2S. The number of halogens is 1. The second kappa shape index (κ2) is 6.95. The number of benzene rings is 1. The van der Waals surface area contributed by atoms with Gasteiger partial charge in [0.1, 0.15) is 5.82 Å². The van der Waals surface area contributed by atoms with Crippen LogP contribution in [-0.4, -0.2) is 39.0 Å². The van der Waals surface area contributed by atoms with Crippen LogP contribution in [0.4, 0.5) is 4.39 Å². The zero-order chi connectivity index (χ0) is 18.1. The molecule has 0 N–H and O–H groups in total. The van der Waals surface area contributed by atoms with Crippen LogP contribution in [0.15, 0.2) is 35.0 Å². The molecular weight excluding hydrogens is 355 g/mol. The first-order valence-electron chi connectivity index (χ1n) is 8.41. The van der Waals surface area contributed by atoms with Crippen molar-refractivity contribution < 1.29 is 13.7 Å². The third kappa shape index (κ3) is 3.37. The van der Waals surface area contributed by atoms with Crippen molar-refractivity contribution >= 4 is 17.2 Å². The van der Waals surface area contributed by atoms with Crippen molar-refractivity contribution in [2.75, 3.05) is 13.1 Å². The Bertz CT molecular complexity index is 921. The first-order chi connectivity index (χ1) is 12.6. The SMILES string of the molecule is Cc1ncc(-c2noc(C3CCCN(C(=O)c4ccc(F)cc4)C3)n2)s1. The number of piperidine rings is 1. The minimum Gasteiger partial charge on any atom is -0.339 e. The van der Waals surface area contributed by atoms with E-state index in [1.165, 1.54) is 35.6 Å². The summed E-state index contributed by atoms with van der Waals surface area (Å²) in [5, 5.41) is 5.00. The highest BCUT2D eigenvalue weighted by molar-refractivity contribution is 7.14. The smallest absolute Gasteiger partial charge is 0.253 e. The van der Waals surface area contributed by atoms with Crippen molar-refractivity contribution in [1.82, 2.24) is 20.0 Å². The number of hydrogen-bond donors (Lipinski definition) is 0. The molecule has 0 radical (unpaired) electrons. The van der Waals surface area contributed by atoms with Crippen LogP contribution in [0.25, 0.3) is 10.7 Å². The second-order valence-corrected chi connectivity index (χ2v) is 7.53. The summed E-state index contributed by atoms with van der Waals surface area (Å²) in [6.45, 7) is 3.11. The topological polar surface area (TPSA) is 72.1 Å². The highest BCUT2D eigenvalue weighted by Gasteiger charge is 2.29. The van der Waals surface area contributed by atoms with Gasteiger partial charge in [-0.05, 0) is 44.0 Å². The summed E-state index contributed by atoms with van der Waals surface area (Å²) in [4.78, 5) is 24.0. The predicted octanol–water partition coefficient (Wildman–Crippen LogP) is 3.66. The van der Waals surface area contributed by atoms with E-state index < -0.39 is 0 Å². The average Bonchev–Trinajstić information content (AvgIpc) is 3.31. The van der Waals surface area contributed by atoms with E-state index in [2.05, 4.69) is 15.1 Å². The maximum atomic E-state index is 13.1. The molecule has 1 saturated heterocycles. The maximum Gasteiger partial charge on any atom is 0.253 e. The Kier molecular flexibility index (Phi) is 4.50. The van der Waals surface area contributed by atoms with Gasteiger partial charge in [0.2, 0.25) is 11.7 Å². The first kappa shape index (κ1) is 16.8. The van der Waals surface area contributed by atoms with Gasteiger partial charge in [-0.3, -0.25) is 4.79 Å². The Balaban J connectivity index is 1.49. The van der Waals surface area contributed by atoms with Crippen molar-refractivity contribution in [3.8, 4) is 10.7 Å². The van der Waals surface area contributed by atoms with E-state index in [1.807, 2.05) is 6.92 Å². The Labute approximate surface area is 153 Å². The number of carbonyl (C=O) groups is 1. The Hall–Kier alpha value is -2.61. The van der Waals surface area contributed by atoms with Crippen LogP contribution in [-0.2, 0) is 0 Å². The number of aromatic nitrogens is 3. The summed E-state index contributed by atoms with van der Waals surface area (Å²) in [6, 6.07) is 5.63. The van der Waals surface area contributed by atoms with Gasteiger partial charge in [-0.15, -0.1) is 11.3 Å². The standard InChI is InChI=1S/C18H17FN4O2S/c1-11-20-9-15(26-11)16-21-17(25-22-16)13-3-2-8-23(10-13)18(24)12-4-6-14(19)7-5-12/h4-7,9,13H,2-3,8,10H2,1H3. The molecule has 1 atom stereocenters. The highest BCUT2D eigenvalue weighted by Crippen LogP contribution is 2.29. The van der Waals surface area contributed by atoms with Gasteiger partial charge in [0, 0.05) is 24.8 Å². The van der Waals surface area contributed by atoms with Gasteiger partial charge in [0.15, 0.2) is 0 Å². The van der Waals surface area contributed by atoms with Gasteiger partial charge >= 0.3 is 0 Å². The van der Waals surface area contributed by atoms with Crippen LogP contribution in [0.3, 0.4) is 0 Å². The van der Waals surface area contributed by atoms with Crippen LogP contribution in [0.2, 0.25) is 0 Å². The molecule has 4 rings (SSSR count). The molecule has 0 spiro atoms. The lowest BCUT2D eigenvalue weighted by Crippen LogP contribution is -2.39. The van der Waals surface area contributed by atoms with Crippen LogP contribution in [0, 0.1) is 12.7 Å². The number of likely N-dealkylation sites (tertiary alicyclic amines) is 1. The monoisotopic (exact) mass is 372 g/mol. The largest absolute Gasteiger partial charge is 0.339 e. The molecule has 26 heavy (non-hydrogen) atoms. The van der Waals surface area contributed by atoms with E-state index in [1.54, 1.807) is 11.1 Å². The third-order valence-corrected chi connectivity index (χ3v) is 5.34. The number of aryl methyl sites for hydroxylation is 1. The fourth-order valence-corrected chi connectivity index (χ4v) is 3.81. The van der Waals surface area contributed by atoms with Crippen LogP contribution in [0.1, 0.15) is 40.0 Å². The third-order valence-electron chi connectivity index (χ3n) is 4.43. The normalized spacial score (nSPS) is 17.5. The number of rotatable bonds is 3. The van der Waals surface area contributed by atoms with Crippen molar-refractivity contribution in [2.24, 2.45) is 0 Å². The van der Waals surface area contributed by atoms with E-state index in [9.17, 15) is 9.18 Å². The molecule has 1 unspecified atom stereocenters. The number of nitrogens with zero attached hydrogens (tertiary/aromatic N) is 4. The summed E-state index contributed by atoms with van der Waals surface area (Å²) in [6.07, 6.45) is 3.48. The lowest BCUT2D eigenvalue weighted by Gasteiger charge is -2.31. The lowest BCUT2D eigenvalue weighted by molar-refractivity contribution is 0.0695. The molecule has 6 nitrogen and oxygen atoms in total. The highest BCUT2D eigenvalue weighted by atomic mass is 32.1. The molecule has 8 heteroatoms. The van der Waals surface area contributed by atoms with Crippen molar-refractivity contribution in [1.29, 1.82) is 0 Å². The molecule has 1 aliphatic rings. The molecule has 0 saturated carbocycles. The van der Waals surface area contributed by atoms with E-state index >= 15 is 0 Å². The van der Waals surface area contributed by atoms with Crippen LogP contribution in [0.5, 0.6) is 0 Å². The van der Waals surface area contributed by atoms with E-state index in [0.717, 1.165) is 22.7 Å². The van der Waals surface area contributed by atoms with E-state index in [-0.39, 0.29) is 17.6 Å². The molecule has 1 fully saturated rings. The Morgan fingerprint density at radius 1 is 1.35 bits per heavy atom. The van der Waals surface area contributed by atoms with E-state index in [0.29, 0.717) is 30.4 Å². The van der Waals surface area contributed by atoms with Crippen molar-refractivity contribution in [3.63, 3.8) is 0 Å². The van der Waals surface area contributed by atoms with Gasteiger partial charge in [0.05, 0.1) is 15.8 Å². The zero-order valence-corrected chi connectivity index (χ0v) is 15.0.